The van der Waals surface area contributed by atoms with Crippen molar-refractivity contribution >= 4 is 0 Å². The van der Waals surface area contributed by atoms with E-state index >= 15 is 0 Å². The minimum Gasteiger partial charge on any atom is -0.255 e. The molecule has 0 N–H and O–H groups in total. The molecule has 0 aliphatic carbocycles. The van der Waals surface area contributed by atoms with Gasteiger partial charge in [-0.15, -0.1) is 12.3 Å². The van der Waals surface area contributed by atoms with E-state index in [4.69, 9.17) is 6.42 Å². The number of aromatic nitrogens is 2. The van der Waals surface area contributed by atoms with E-state index in [-0.39, 0.29) is 0 Å². The van der Waals surface area contributed by atoms with Crippen LogP contribution in [0.5, 0.6) is 0 Å². The van der Waals surface area contributed by atoms with Crippen molar-refractivity contribution in [1.82, 2.24) is 9.97 Å². The maximum atomic E-state index is 5.26. The molecule has 2 aromatic rings. The van der Waals surface area contributed by atoms with E-state index in [0.29, 0.717) is 0 Å². The fourth-order valence-electron chi connectivity index (χ4n) is 1.84. The molecule has 0 amide bonds. The van der Waals surface area contributed by atoms with Gasteiger partial charge >= 0.3 is 0 Å². The molecule has 0 aliphatic heterocycles. The van der Waals surface area contributed by atoms with E-state index in [0.717, 1.165) is 30.7 Å². The van der Waals surface area contributed by atoms with Crippen LogP contribution in [0.25, 0.3) is 11.4 Å². The molecule has 104 valence electrons. The van der Waals surface area contributed by atoms with Crippen molar-refractivity contribution in [3.8, 4) is 23.7 Å². The van der Waals surface area contributed by atoms with Gasteiger partial charge in [0.1, 0.15) is 0 Å². The molecule has 0 atom stereocenters. The first kappa shape index (κ1) is 15.9. The maximum absolute atomic E-state index is 5.26. The lowest BCUT2D eigenvalue weighted by Gasteiger charge is -2.04. The molecule has 0 saturated carbocycles. The minimum atomic E-state index is 0.820. The first-order valence-corrected chi connectivity index (χ1v) is 7.11. The normalized spacial score (nSPS) is 9.30. The van der Waals surface area contributed by atoms with E-state index < -0.39 is 0 Å². The first-order chi connectivity index (χ1) is 9.79. The van der Waals surface area contributed by atoms with Crippen molar-refractivity contribution in [3.05, 3.63) is 47.8 Å². The largest absolute Gasteiger partial charge is 0.255 e. The predicted octanol–water partition coefficient (Wildman–Crippen LogP) is 4.43. The number of aryl methyl sites for hydroxylation is 2. The number of hydrogen-bond acceptors (Lipinski definition) is 2. The zero-order valence-electron chi connectivity index (χ0n) is 12.6. The summed E-state index contributed by atoms with van der Waals surface area (Å²) in [4.78, 5) is 8.73. The number of nitrogens with zero attached hydrogens (tertiary/aromatic N) is 2. The zero-order chi connectivity index (χ0) is 14.8. The van der Waals surface area contributed by atoms with Crippen LogP contribution in [0.2, 0.25) is 0 Å². The van der Waals surface area contributed by atoms with Crippen LogP contribution in [0, 0.1) is 19.3 Å². The third-order valence-electron chi connectivity index (χ3n) is 2.79. The molecule has 2 heterocycles. The van der Waals surface area contributed by atoms with Crippen molar-refractivity contribution in [3.63, 3.8) is 0 Å². The fraction of sp³-hybridized carbons (Fsp3) is 0.333. The Labute approximate surface area is 122 Å². The Kier molecular flexibility index (Phi) is 7.06. The highest BCUT2D eigenvalue weighted by atomic mass is 14.8. The summed E-state index contributed by atoms with van der Waals surface area (Å²) in [5, 5.41) is 0. The average molecular weight is 266 g/mol. The topological polar surface area (TPSA) is 25.8 Å². The SMILES string of the molecule is C#CCCCc1ccnc(-c2cc(C)ccn2)c1.CC. The monoisotopic (exact) mass is 266 g/mol. The minimum absolute atomic E-state index is 0.820. The Bertz CT molecular complexity index is 568. The van der Waals surface area contributed by atoms with Crippen molar-refractivity contribution in [1.29, 1.82) is 0 Å². The Morgan fingerprint density at radius 2 is 1.70 bits per heavy atom. The summed E-state index contributed by atoms with van der Waals surface area (Å²) in [5.74, 6) is 2.66. The lowest BCUT2D eigenvalue weighted by atomic mass is 10.1. The van der Waals surface area contributed by atoms with Gasteiger partial charge in [-0.05, 0) is 55.2 Å². The lowest BCUT2D eigenvalue weighted by Crippen LogP contribution is -1.91. The number of pyridine rings is 2. The molecule has 2 heteroatoms. The molecular weight excluding hydrogens is 244 g/mol. The molecule has 0 unspecified atom stereocenters. The molecule has 0 fully saturated rings. The summed E-state index contributed by atoms with van der Waals surface area (Å²) in [5.41, 5.74) is 4.31. The molecule has 0 aliphatic rings. The van der Waals surface area contributed by atoms with Gasteiger partial charge in [-0.2, -0.15) is 0 Å². The average Bonchev–Trinajstić information content (AvgIpc) is 2.50. The van der Waals surface area contributed by atoms with Crippen LogP contribution < -0.4 is 0 Å². The van der Waals surface area contributed by atoms with Crippen LogP contribution in [0.3, 0.4) is 0 Å². The van der Waals surface area contributed by atoms with Crippen molar-refractivity contribution in [2.24, 2.45) is 0 Å². The number of terminal acetylenes is 1. The number of unbranched alkanes of at least 4 members (excludes halogenated alkanes) is 1. The van der Waals surface area contributed by atoms with Gasteiger partial charge in [0.05, 0.1) is 11.4 Å². The van der Waals surface area contributed by atoms with E-state index in [1.165, 1.54) is 11.1 Å². The van der Waals surface area contributed by atoms with Gasteiger partial charge in [0.2, 0.25) is 0 Å². The van der Waals surface area contributed by atoms with Crippen LogP contribution in [0.15, 0.2) is 36.7 Å². The molecular formula is C18H22N2. The van der Waals surface area contributed by atoms with Crippen LogP contribution in [-0.4, -0.2) is 9.97 Å². The van der Waals surface area contributed by atoms with Gasteiger partial charge < -0.3 is 0 Å². The van der Waals surface area contributed by atoms with E-state index in [9.17, 15) is 0 Å². The molecule has 2 nitrogen and oxygen atoms in total. The quantitative estimate of drug-likeness (QED) is 0.604. The third-order valence-corrected chi connectivity index (χ3v) is 2.79. The highest BCUT2D eigenvalue weighted by Crippen LogP contribution is 2.17. The van der Waals surface area contributed by atoms with Crippen LogP contribution in [0.4, 0.5) is 0 Å². The molecule has 0 radical (unpaired) electrons. The fourth-order valence-corrected chi connectivity index (χ4v) is 1.84. The first-order valence-electron chi connectivity index (χ1n) is 7.11. The number of hydrogen-bond donors (Lipinski definition) is 0. The second-order valence-corrected chi connectivity index (χ2v) is 4.33. The Morgan fingerprint density at radius 3 is 2.35 bits per heavy atom. The Balaban J connectivity index is 0.000000956. The lowest BCUT2D eigenvalue weighted by molar-refractivity contribution is 0.856. The van der Waals surface area contributed by atoms with E-state index in [2.05, 4.69) is 28.9 Å². The van der Waals surface area contributed by atoms with Gasteiger partial charge in [0.25, 0.3) is 0 Å². The second kappa shape index (κ2) is 8.87. The van der Waals surface area contributed by atoms with Gasteiger partial charge in [0, 0.05) is 18.8 Å². The standard InChI is InChI=1S/C16H16N2.C2H6/c1-3-4-5-6-14-8-10-18-16(12-14)15-11-13(2)7-9-17-15;1-2/h1,7-12H,4-6H2,2H3;1-2H3. The number of rotatable bonds is 4. The molecule has 0 bridgehead atoms. The Hall–Kier alpha value is -2.14. The highest BCUT2D eigenvalue weighted by molar-refractivity contribution is 5.55. The van der Waals surface area contributed by atoms with E-state index in [1.807, 2.05) is 44.4 Å². The zero-order valence-corrected chi connectivity index (χ0v) is 12.6. The summed E-state index contributed by atoms with van der Waals surface area (Å²) in [6.45, 7) is 6.06. The summed E-state index contributed by atoms with van der Waals surface area (Å²) >= 11 is 0. The van der Waals surface area contributed by atoms with Crippen LogP contribution in [0.1, 0.15) is 37.8 Å². The van der Waals surface area contributed by atoms with Crippen molar-refractivity contribution < 1.29 is 0 Å². The summed E-state index contributed by atoms with van der Waals surface area (Å²) in [6, 6.07) is 8.17. The molecule has 2 rings (SSSR count). The molecule has 2 aromatic heterocycles. The molecule has 20 heavy (non-hydrogen) atoms. The van der Waals surface area contributed by atoms with Crippen LogP contribution in [-0.2, 0) is 6.42 Å². The van der Waals surface area contributed by atoms with Crippen LogP contribution >= 0.6 is 0 Å². The van der Waals surface area contributed by atoms with Gasteiger partial charge in [0.15, 0.2) is 0 Å². The molecule has 0 spiro atoms. The molecule has 0 aromatic carbocycles. The van der Waals surface area contributed by atoms with Gasteiger partial charge in [-0.1, -0.05) is 13.8 Å². The summed E-state index contributed by atoms with van der Waals surface area (Å²) < 4.78 is 0. The smallest absolute Gasteiger partial charge is 0.0888 e. The highest BCUT2D eigenvalue weighted by Gasteiger charge is 2.02. The van der Waals surface area contributed by atoms with Crippen molar-refractivity contribution in [2.45, 2.75) is 40.0 Å². The summed E-state index contributed by atoms with van der Waals surface area (Å²) in [7, 11) is 0. The van der Waals surface area contributed by atoms with Crippen molar-refractivity contribution in [2.75, 3.05) is 0 Å². The second-order valence-electron chi connectivity index (χ2n) is 4.33. The maximum Gasteiger partial charge on any atom is 0.0888 e. The van der Waals surface area contributed by atoms with Gasteiger partial charge in [-0.3, -0.25) is 9.97 Å². The Morgan fingerprint density at radius 1 is 1.05 bits per heavy atom. The summed E-state index contributed by atoms with van der Waals surface area (Å²) in [6.07, 6.45) is 11.7. The van der Waals surface area contributed by atoms with E-state index in [1.54, 1.807) is 0 Å². The predicted molar refractivity (Wildman–Crippen MR) is 85.3 cm³/mol. The van der Waals surface area contributed by atoms with Gasteiger partial charge in [-0.25, -0.2) is 0 Å². The third kappa shape index (κ3) is 4.85. The molecule has 0 saturated heterocycles.